The summed E-state index contributed by atoms with van der Waals surface area (Å²) in [6, 6.07) is 11.0. The van der Waals surface area contributed by atoms with Gasteiger partial charge in [0.1, 0.15) is 5.69 Å². The minimum Gasteiger partial charge on any atom is -1.00 e. The molecule has 0 bridgehead atoms. The number of halogens is 1. The molecule has 4 nitrogen and oxygen atoms in total. The standard InChI is InChI=1S/C10H9N2O.BrH.H2O/c13-12-8-4-2-6-10(12)9-5-1-3-7-11-9;;/h1-8,13H;1H;1H2/q+1;;/p-1. The Bertz CT molecular complexity index is 409. The molecule has 0 aliphatic rings. The van der Waals surface area contributed by atoms with E-state index in [1.807, 2.05) is 30.3 Å². The van der Waals surface area contributed by atoms with Gasteiger partial charge in [-0.3, -0.25) is 5.21 Å². The van der Waals surface area contributed by atoms with Crippen LogP contribution in [0.4, 0.5) is 0 Å². The molecule has 80 valence electrons. The van der Waals surface area contributed by atoms with E-state index in [4.69, 9.17) is 0 Å². The first-order valence-electron chi connectivity index (χ1n) is 3.99. The quantitative estimate of drug-likeness (QED) is 0.458. The van der Waals surface area contributed by atoms with Crippen LogP contribution in [0.3, 0.4) is 0 Å². The largest absolute Gasteiger partial charge is 1.00 e. The van der Waals surface area contributed by atoms with E-state index in [1.165, 1.54) is 0 Å². The maximum Gasteiger partial charge on any atom is 0.282 e. The van der Waals surface area contributed by atoms with Gasteiger partial charge in [-0.2, -0.15) is 0 Å². The first-order chi connectivity index (χ1) is 6.38. The molecular formula is C10H11BrN2O2. The molecule has 0 saturated heterocycles. The second-order valence-electron chi connectivity index (χ2n) is 2.65. The molecule has 5 heteroatoms. The Labute approximate surface area is 97.9 Å². The van der Waals surface area contributed by atoms with Gasteiger partial charge in [-0.05, 0) is 18.2 Å². The first kappa shape index (κ1) is 13.5. The molecule has 0 unspecified atom stereocenters. The summed E-state index contributed by atoms with van der Waals surface area (Å²) in [5, 5.41) is 9.44. The molecule has 2 aromatic heterocycles. The van der Waals surface area contributed by atoms with Gasteiger partial charge in [0, 0.05) is 23.1 Å². The molecule has 0 spiro atoms. The third-order valence-corrected chi connectivity index (χ3v) is 1.77. The van der Waals surface area contributed by atoms with E-state index in [1.54, 1.807) is 18.5 Å². The minimum atomic E-state index is 0. The van der Waals surface area contributed by atoms with Gasteiger partial charge >= 0.3 is 0 Å². The zero-order valence-corrected chi connectivity index (χ0v) is 9.42. The van der Waals surface area contributed by atoms with Crippen molar-refractivity contribution in [3.8, 4) is 11.4 Å². The van der Waals surface area contributed by atoms with Crippen molar-refractivity contribution in [2.45, 2.75) is 0 Å². The third kappa shape index (κ3) is 3.00. The van der Waals surface area contributed by atoms with Gasteiger partial charge in [0.15, 0.2) is 0 Å². The van der Waals surface area contributed by atoms with Crippen LogP contribution in [0.1, 0.15) is 0 Å². The average molecular weight is 271 g/mol. The molecule has 0 saturated carbocycles. The molecule has 0 atom stereocenters. The summed E-state index contributed by atoms with van der Waals surface area (Å²) >= 11 is 0. The second-order valence-corrected chi connectivity index (χ2v) is 2.65. The number of hydrogen-bond acceptors (Lipinski definition) is 2. The molecular weight excluding hydrogens is 260 g/mol. The van der Waals surface area contributed by atoms with E-state index < -0.39 is 0 Å². The first-order valence-corrected chi connectivity index (χ1v) is 3.99. The van der Waals surface area contributed by atoms with Crippen molar-refractivity contribution in [3.63, 3.8) is 0 Å². The lowest BCUT2D eigenvalue weighted by Crippen LogP contribution is -3.00. The van der Waals surface area contributed by atoms with Gasteiger partial charge in [-0.25, -0.2) is 4.98 Å². The monoisotopic (exact) mass is 270 g/mol. The number of pyridine rings is 2. The summed E-state index contributed by atoms with van der Waals surface area (Å²) < 4.78 is 1.06. The predicted octanol–water partition coefficient (Wildman–Crippen LogP) is -2.55. The average Bonchev–Trinajstić information content (AvgIpc) is 2.20. The van der Waals surface area contributed by atoms with Gasteiger partial charge in [0.05, 0.1) is 0 Å². The summed E-state index contributed by atoms with van der Waals surface area (Å²) in [6.45, 7) is 0. The summed E-state index contributed by atoms with van der Waals surface area (Å²) in [5.74, 6) is 0. The lowest BCUT2D eigenvalue weighted by atomic mass is 10.2. The molecule has 0 aromatic carbocycles. The van der Waals surface area contributed by atoms with Gasteiger partial charge in [0.2, 0.25) is 6.20 Å². The van der Waals surface area contributed by atoms with E-state index >= 15 is 0 Å². The summed E-state index contributed by atoms with van der Waals surface area (Å²) in [5.41, 5.74) is 1.44. The predicted molar refractivity (Wildman–Crippen MR) is 50.7 cm³/mol. The van der Waals surface area contributed by atoms with Crippen LogP contribution in [0.25, 0.3) is 11.4 Å². The topological polar surface area (TPSA) is 68.5 Å². The SMILES string of the molecule is O.O[n+]1ccccc1-c1ccccn1.[Br-]. The molecule has 2 heterocycles. The molecule has 0 radical (unpaired) electrons. The van der Waals surface area contributed by atoms with E-state index in [-0.39, 0.29) is 22.5 Å². The zero-order valence-electron chi connectivity index (χ0n) is 7.84. The highest BCUT2D eigenvalue weighted by Gasteiger charge is 2.10. The van der Waals surface area contributed by atoms with Crippen molar-refractivity contribution in [1.82, 2.24) is 4.98 Å². The van der Waals surface area contributed by atoms with Crippen LogP contribution in [0.2, 0.25) is 0 Å². The van der Waals surface area contributed by atoms with Crippen LogP contribution in [-0.2, 0) is 0 Å². The molecule has 3 N–H and O–H groups in total. The Hall–Kier alpha value is -1.46. The molecule has 0 fully saturated rings. The van der Waals surface area contributed by atoms with Crippen molar-refractivity contribution >= 4 is 0 Å². The molecule has 15 heavy (non-hydrogen) atoms. The van der Waals surface area contributed by atoms with Crippen molar-refractivity contribution in [1.29, 1.82) is 0 Å². The molecule has 2 aromatic rings. The maximum atomic E-state index is 9.44. The highest BCUT2D eigenvalue weighted by atomic mass is 79.9. The Morgan fingerprint density at radius 2 is 1.80 bits per heavy atom. The number of aromatic nitrogens is 2. The summed E-state index contributed by atoms with van der Waals surface area (Å²) in [7, 11) is 0. The van der Waals surface area contributed by atoms with Crippen LogP contribution in [0.15, 0.2) is 48.8 Å². The Kier molecular flexibility index (Phi) is 5.51. The number of nitrogens with zero attached hydrogens (tertiary/aromatic N) is 2. The van der Waals surface area contributed by atoms with Crippen molar-refractivity contribution in [2.24, 2.45) is 0 Å². The molecule has 0 aliphatic carbocycles. The zero-order chi connectivity index (χ0) is 9.10. The third-order valence-electron chi connectivity index (χ3n) is 1.77. The van der Waals surface area contributed by atoms with Crippen LogP contribution in [0.5, 0.6) is 0 Å². The van der Waals surface area contributed by atoms with Gasteiger partial charge < -0.3 is 22.5 Å². The Morgan fingerprint density at radius 3 is 2.40 bits per heavy atom. The van der Waals surface area contributed by atoms with Gasteiger partial charge in [0.25, 0.3) is 5.69 Å². The van der Waals surface area contributed by atoms with E-state index in [2.05, 4.69) is 4.98 Å². The highest BCUT2D eigenvalue weighted by molar-refractivity contribution is 5.49. The van der Waals surface area contributed by atoms with Crippen LogP contribution in [0, 0.1) is 0 Å². The lowest BCUT2D eigenvalue weighted by molar-refractivity contribution is -0.896. The maximum absolute atomic E-state index is 9.44. The minimum absolute atomic E-state index is 0. The van der Waals surface area contributed by atoms with Gasteiger partial charge in [-0.15, -0.1) is 0 Å². The Balaban J connectivity index is 0.000000980. The van der Waals surface area contributed by atoms with Gasteiger partial charge in [-0.1, -0.05) is 6.07 Å². The lowest BCUT2D eigenvalue weighted by Gasteiger charge is -1.94. The summed E-state index contributed by atoms with van der Waals surface area (Å²) in [4.78, 5) is 4.13. The van der Waals surface area contributed by atoms with Crippen molar-refractivity contribution in [3.05, 3.63) is 48.8 Å². The molecule has 0 amide bonds. The van der Waals surface area contributed by atoms with E-state index in [0.29, 0.717) is 5.69 Å². The van der Waals surface area contributed by atoms with Crippen LogP contribution in [-0.4, -0.2) is 15.7 Å². The number of hydrogen-bond donors (Lipinski definition) is 1. The molecule has 2 rings (SSSR count). The normalized spacial score (nSPS) is 8.53. The van der Waals surface area contributed by atoms with Crippen LogP contribution < -0.4 is 21.7 Å². The summed E-state index contributed by atoms with van der Waals surface area (Å²) in [6.07, 6.45) is 3.27. The van der Waals surface area contributed by atoms with Crippen LogP contribution >= 0.6 is 0 Å². The van der Waals surface area contributed by atoms with Crippen molar-refractivity contribution in [2.75, 3.05) is 0 Å². The highest BCUT2D eigenvalue weighted by Crippen LogP contribution is 2.09. The molecule has 0 aliphatic heterocycles. The second kappa shape index (κ2) is 6.10. The fraction of sp³-hybridized carbons (Fsp3) is 0. The fourth-order valence-electron chi connectivity index (χ4n) is 1.15. The Morgan fingerprint density at radius 1 is 1.07 bits per heavy atom. The fourth-order valence-corrected chi connectivity index (χ4v) is 1.15. The van der Waals surface area contributed by atoms with Crippen molar-refractivity contribution < 1.29 is 32.4 Å². The number of rotatable bonds is 1. The van der Waals surface area contributed by atoms with E-state index in [0.717, 1.165) is 10.4 Å². The van der Waals surface area contributed by atoms with E-state index in [9.17, 15) is 5.21 Å². The smallest absolute Gasteiger partial charge is 0.282 e.